The van der Waals surface area contributed by atoms with Gasteiger partial charge in [-0.05, 0) is 24.1 Å². The second-order valence-electron chi connectivity index (χ2n) is 4.90. The summed E-state index contributed by atoms with van der Waals surface area (Å²) in [4.78, 5) is 0. The highest BCUT2D eigenvalue weighted by Crippen LogP contribution is 2.30. The number of nitrogens with zero attached hydrogens (tertiary/aromatic N) is 2. The van der Waals surface area contributed by atoms with E-state index in [2.05, 4.69) is 12.0 Å². The average molecular weight is 290 g/mol. The molecule has 1 unspecified atom stereocenters. The Balaban J connectivity index is 2.12. The number of aryl methyl sites for hydroxylation is 1. The number of hydrogen-bond donors (Lipinski definition) is 1. The summed E-state index contributed by atoms with van der Waals surface area (Å²) in [6.45, 7) is 2.85. The van der Waals surface area contributed by atoms with Crippen molar-refractivity contribution in [1.29, 1.82) is 0 Å². The molecule has 2 rings (SSSR count). The first-order valence-corrected chi connectivity index (χ1v) is 7.14. The highest BCUT2D eigenvalue weighted by Gasteiger charge is 2.20. The second kappa shape index (κ2) is 7.13. The van der Waals surface area contributed by atoms with Crippen LogP contribution in [0.1, 0.15) is 37.1 Å². The summed E-state index contributed by atoms with van der Waals surface area (Å²) >= 11 is 0. The van der Waals surface area contributed by atoms with Gasteiger partial charge in [0, 0.05) is 7.05 Å². The van der Waals surface area contributed by atoms with Crippen LogP contribution in [0.3, 0.4) is 0 Å². The number of hydrogen-bond acceptors (Lipinski definition) is 4. The van der Waals surface area contributed by atoms with Crippen molar-refractivity contribution in [3.8, 4) is 11.5 Å². The summed E-state index contributed by atoms with van der Waals surface area (Å²) in [5, 5.41) is 14.6. The van der Waals surface area contributed by atoms with Gasteiger partial charge >= 0.3 is 0 Å². The number of aliphatic hydroxyl groups is 1. The van der Waals surface area contributed by atoms with E-state index in [0.29, 0.717) is 18.1 Å². The minimum atomic E-state index is -0.780. The van der Waals surface area contributed by atoms with E-state index in [4.69, 9.17) is 9.47 Å². The molecular formula is C16H22N2O3. The van der Waals surface area contributed by atoms with Gasteiger partial charge in [0.05, 0.1) is 19.9 Å². The molecule has 0 bridgehead atoms. The molecule has 114 valence electrons. The predicted octanol–water partition coefficient (Wildman–Crippen LogP) is 2.69. The molecule has 0 aliphatic heterocycles. The van der Waals surface area contributed by atoms with Crippen LogP contribution >= 0.6 is 0 Å². The number of benzene rings is 1. The third-order valence-corrected chi connectivity index (χ3v) is 3.39. The summed E-state index contributed by atoms with van der Waals surface area (Å²) in [7, 11) is 3.35. The smallest absolute Gasteiger partial charge is 0.162 e. The van der Waals surface area contributed by atoms with Crippen LogP contribution < -0.4 is 9.47 Å². The number of methoxy groups -OCH3 is 1. The van der Waals surface area contributed by atoms with E-state index >= 15 is 0 Å². The van der Waals surface area contributed by atoms with E-state index in [1.54, 1.807) is 25.0 Å². The summed E-state index contributed by atoms with van der Waals surface area (Å²) in [6.07, 6.45) is 2.96. The van der Waals surface area contributed by atoms with Crippen molar-refractivity contribution in [2.45, 2.75) is 25.9 Å². The van der Waals surface area contributed by atoms with Gasteiger partial charge in [-0.3, -0.25) is 4.68 Å². The molecule has 0 amide bonds. The third-order valence-electron chi connectivity index (χ3n) is 3.39. The highest BCUT2D eigenvalue weighted by molar-refractivity contribution is 5.37. The lowest BCUT2D eigenvalue weighted by Crippen LogP contribution is -2.08. The Morgan fingerprint density at radius 2 is 2.00 bits per heavy atom. The molecule has 21 heavy (non-hydrogen) atoms. The van der Waals surface area contributed by atoms with E-state index < -0.39 is 6.10 Å². The Kier molecular flexibility index (Phi) is 5.22. The Bertz CT molecular complexity index is 563. The molecule has 1 aromatic carbocycles. The minimum absolute atomic E-state index is 0.577. The third kappa shape index (κ3) is 3.55. The zero-order chi connectivity index (χ0) is 15.2. The van der Waals surface area contributed by atoms with Gasteiger partial charge in [-0.1, -0.05) is 25.5 Å². The first kappa shape index (κ1) is 15.4. The van der Waals surface area contributed by atoms with Crippen LogP contribution in [0.15, 0.2) is 30.5 Å². The van der Waals surface area contributed by atoms with Crippen molar-refractivity contribution >= 4 is 0 Å². The van der Waals surface area contributed by atoms with Gasteiger partial charge in [-0.2, -0.15) is 5.10 Å². The summed E-state index contributed by atoms with van der Waals surface area (Å²) in [6, 6.07) is 7.46. The Morgan fingerprint density at radius 1 is 1.29 bits per heavy atom. The molecular weight excluding hydrogens is 268 g/mol. The van der Waals surface area contributed by atoms with Crippen molar-refractivity contribution in [1.82, 2.24) is 9.78 Å². The van der Waals surface area contributed by atoms with E-state index in [9.17, 15) is 5.11 Å². The maximum atomic E-state index is 10.5. The van der Waals surface area contributed by atoms with Crippen molar-refractivity contribution in [3.63, 3.8) is 0 Å². The lowest BCUT2D eigenvalue weighted by molar-refractivity contribution is 0.204. The van der Waals surface area contributed by atoms with Crippen LogP contribution in [0.5, 0.6) is 11.5 Å². The van der Waals surface area contributed by atoms with Crippen molar-refractivity contribution in [2.75, 3.05) is 13.7 Å². The van der Waals surface area contributed by atoms with Gasteiger partial charge < -0.3 is 14.6 Å². The van der Waals surface area contributed by atoms with Crippen LogP contribution in [0, 0.1) is 0 Å². The normalized spacial score (nSPS) is 12.2. The largest absolute Gasteiger partial charge is 0.494 e. The van der Waals surface area contributed by atoms with Gasteiger partial charge in [-0.15, -0.1) is 0 Å². The Hall–Kier alpha value is -2.01. The van der Waals surface area contributed by atoms with Gasteiger partial charge in [0.1, 0.15) is 17.5 Å². The van der Waals surface area contributed by atoms with Gasteiger partial charge in [-0.25, -0.2) is 0 Å². The molecule has 0 aliphatic carbocycles. The quantitative estimate of drug-likeness (QED) is 0.797. The topological polar surface area (TPSA) is 56.5 Å². The first-order chi connectivity index (χ1) is 10.2. The van der Waals surface area contributed by atoms with Crippen LogP contribution in [0.25, 0.3) is 0 Å². The predicted molar refractivity (Wildman–Crippen MR) is 80.7 cm³/mol. The zero-order valence-electron chi connectivity index (χ0n) is 12.7. The molecule has 0 saturated carbocycles. The molecule has 1 N–H and O–H groups in total. The monoisotopic (exact) mass is 290 g/mol. The van der Waals surface area contributed by atoms with Crippen molar-refractivity contribution < 1.29 is 14.6 Å². The summed E-state index contributed by atoms with van der Waals surface area (Å²) in [5.41, 5.74) is 1.41. The molecule has 2 aromatic rings. The molecule has 0 aliphatic rings. The standard InChI is InChI=1S/C16H22N2O3/c1-4-5-10-21-13-8-6-12(7-9-13)16(19)15-14(20-3)11-17-18(15)2/h6-9,11,16,19H,4-5,10H2,1-3H3. The van der Waals surface area contributed by atoms with E-state index in [1.807, 2.05) is 24.3 Å². The van der Waals surface area contributed by atoms with Crippen LogP contribution in [0.2, 0.25) is 0 Å². The van der Waals surface area contributed by atoms with Crippen LogP contribution in [-0.4, -0.2) is 28.6 Å². The molecule has 5 heteroatoms. The van der Waals surface area contributed by atoms with E-state index in [1.165, 1.54) is 0 Å². The summed E-state index contributed by atoms with van der Waals surface area (Å²) < 4.78 is 12.5. The Labute approximate surface area is 125 Å². The first-order valence-electron chi connectivity index (χ1n) is 7.14. The number of unbranched alkanes of at least 4 members (excludes halogenated alkanes) is 1. The molecule has 0 radical (unpaired) electrons. The fourth-order valence-corrected chi connectivity index (χ4v) is 2.13. The molecule has 1 aromatic heterocycles. The number of aliphatic hydroxyl groups excluding tert-OH is 1. The lowest BCUT2D eigenvalue weighted by atomic mass is 10.1. The number of aromatic nitrogens is 2. The Morgan fingerprint density at radius 3 is 2.62 bits per heavy atom. The SMILES string of the molecule is CCCCOc1ccc(C(O)c2c(OC)cnn2C)cc1. The maximum absolute atomic E-state index is 10.5. The number of rotatable bonds is 7. The van der Waals surface area contributed by atoms with Gasteiger partial charge in [0.15, 0.2) is 5.75 Å². The van der Waals surface area contributed by atoms with E-state index in [-0.39, 0.29) is 0 Å². The molecule has 0 spiro atoms. The number of ether oxygens (including phenoxy) is 2. The van der Waals surface area contributed by atoms with Crippen LogP contribution in [0.4, 0.5) is 0 Å². The molecule has 5 nitrogen and oxygen atoms in total. The molecule has 0 saturated heterocycles. The van der Waals surface area contributed by atoms with Gasteiger partial charge in [0.25, 0.3) is 0 Å². The van der Waals surface area contributed by atoms with Crippen LogP contribution in [-0.2, 0) is 7.05 Å². The zero-order valence-corrected chi connectivity index (χ0v) is 12.7. The summed E-state index contributed by atoms with van der Waals surface area (Å²) in [5.74, 6) is 1.39. The molecule has 0 fully saturated rings. The van der Waals surface area contributed by atoms with E-state index in [0.717, 1.165) is 24.2 Å². The molecule has 1 atom stereocenters. The lowest BCUT2D eigenvalue weighted by Gasteiger charge is -2.14. The van der Waals surface area contributed by atoms with Gasteiger partial charge in [0.2, 0.25) is 0 Å². The maximum Gasteiger partial charge on any atom is 0.162 e. The fraction of sp³-hybridized carbons (Fsp3) is 0.438. The van der Waals surface area contributed by atoms with Crippen molar-refractivity contribution in [3.05, 3.63) is 41.7 Å². The molecule has 1 heterocycles. The highest BCUT2D eigenvalue weighted by atomic mass is 16.5. The second-order valence-corrected chi connectivity index (χ2v) is 4.90. The minimum Gasteiger partial charge on any atom is -0.494 e. The fourth-order valence-electron chi connectivity index (χ4n) is 2.13. The van der Waals surface area contributed by atoms with Crippen molar-refractivity contribution in [2.24, 2.45) is 7.05 Å². The average Bonchev–Trinajstić information content (AvgIpc) is 2.88.